The number of benzene rings is 1. The molecule has 31 heavy (non-hydrogen) atoms. The lowest BCUT2D eigenvalue weighted by Crippen LogP contribution is -2.35. The molecule has 0 unspecified atom stereocenters. The second-order valence-electron chi connectivity index (χ2n) is 7.56. The van der Waals surface area contributed by atoms with Crippen molar-refractivity contribution in [1.82, 2.24) is 14.9 Å². The highest BCUT2D eigenvalue weighted by molar-refractivity contribution is 5.96. The first-order valence-electron chi connectivity index (χ1n) is 10.1. The van der Waals surface area contributed by atoms with Crippen molar-refractivity contribution >= 4 is 11.8 Å². The van der Waals surface area contributed by atoms with Crippen molar-refractivity contribution in [3.63, 3.8) is 0 Å². The first kappa shape index (κ1) is 20.5. The van der Waals surface area contributed by atoms with Gasteiger partial charge in [-0.25, -0.2) is 0 Å². The monoisotopic (exact) mass is 416 g/mol. The highest BCUT2D eigenvalue weighted by Gasteiger charge is 2.33. The van der Waals surface area contributed by atoms with E-state index in [4.69, 9.17) is 10.5 Å². The van der Waals surface area contributed by atoms with E-state index >= 15 is 0 Å². The molecule has 0 spiro atoms. The average molecular weight is 416 g/mol. The molecule has 0 aliphatic heterocycles. The van der Waals surface area contributed by atoms with Gasteiger partial charge < -0.3 is 15.4 Å². The van der Waals surface area contributed by atoms with Crippen LogP contribution in [0.1, 0.15) is 55.7 Å². The van der Waals surface area contributed by atoms with Gasteiger partial charge in [-0.05, 0) is 61.2 Å². The standard InChI is InChI=1S/C24H24N4O3/c1-15-19(6-4-11-26-15)24(30)28(14-17-5-3-12-27-22(17)23(25)29)21-10-8-16-7-9-18(31-2)13-20(16)21/h3-7,9,11-13,21H,8,10,14H2,1-2H3,(H2,25,29)/t21-/m1/s1. The molecule has 2 amide bonds. The zero-order valence-corrected chi connectivity index (χ0v) is 17.5. The minimum Gasteiger partial charge on any atom is -0.497 e. The Hall–Kier alpha value is -3.74. The van der Waals surface area contributed by atoms with Gasteiger partial charge >= 0.3 is 0 Å². The van der Waals surface area contributed by atoms with Crippen molar-refractivity contribution in [3.05, 3.63) is 88.5 Å². The van der Waals surface area contributed by atoms with Gasteiger partial charge in [-0.1, -0.05) is 12.1 Å². The largest absolute Gasteiger partial charge is 0.497 e. The Balaban J connectivity index is 1.79. The van der Waals surface area contributed by atoms with Crippen LogP contribution in [0, 0.1) is 6.92 Å². The van der Waals surface area contributed by atoms with Gasteiger partial charge in [0.1, 0.15) is 11.4 Å². The summed E-state index contributed by atoms with van der Waals surface area (Å²) in [6.07, 6.45) is 4.82. The third-order valence-electron chi connectivity index (χ3n) is 5.74. The average Bonchev–Trinajstić information content (AvgIpc) is 3.20. The second-order valence-corrected chi connectivity index (χ2v) is 7.56. The van der Waals surface area contributed by atoms with Crippen LogP contribution in [0.2, 0.25) is 0 Å². The Morgan fingerprint density at radius 2 is 1.94 bits per heavy atom. The summed E-state index contributed by atoms with van der Waals surface area (Å²) in [6.45, 7) is 2.02. The predicted molar refractivity (Wildman–Crippen MR) is 116 cm³/mol. The van der Waals surface area contributed by atoms with Gasteiger partial charge in [0.25, 0.3) is 11.8 Å². The third kappa shape index (κ3) is 3.99. The maximum atomic E-state index is 13.7. The lowest BCUT2D eigenvalue weighted by atomic mass is 10.0. The number of pyridine rings is 2. The topological polar surface area (TPSA) is 98.4 Å². The van der Waals surface area contributed by atoms with E-state index < -0.39 is 5.91 Å². The number of carbonyl (C=O) groups is 2. The number of carbonyl (C=O) groups excluding carboxylic acids is 2. The molecule has 0 saturated carbocycles. The molecule has 7 nitrogen and oxygen atoms in total. The molecule has 0 saturated heterocycles. The van der Waals surface area contributed by atoms with E-state index in [9.17, 15) is 9.59 Å². The summed E-state index contributed by atoms with van der Waals surface area (Å²) in [4.78, 5) is 35.9. The molecule has 1 aliphatic rings. The van der Waals surface area contributed by atoms with Crippen LogP contribution in [0.25, 0.3) is 0 Å². The highest BCUT2D eigenvalue weighted by atomic mass is 16.5. The zero-order valence-electron chi connectivity index (χ0n) is 17.5. The first-order valence-corrected chi connectivity index (χ1v) is 10.1. The molecule has 4 rings (SSSR count). The molecular formula is C24H24N4O3. The molecule has 1 aliphatic carbocycles. The number of ether oxygens (including phenoxy) is 1. The summed E-state index contributed by atoms with van der Waals surface area (Å²) in [5, 5.41) is 0. The Morgan fingerprint density at radius 1 is 1.16 bits per heavy atom. The summed E-state index contributed by atoms with van der Waals surface area (Å²) in [7, 11) is 1.63. The molecule has 2 aromatic heterocycles. The van der Waals surface area contributed by atoms with E-state index in [1.54, 1.807) is 42.5 Å². The van der Waals surface area contributed by atoms with Gasteiger partial charge in [-0.15, -0.1) is 0 Å². The third-order valence-corrected chi connectivity index (χ3v) is 5.74. The number of nitrogens with two attached hydrogens (primary N) is 1. The normalized spacial score (nSPS) is 14.7. The van der Waals surface area contributed by atoms with Crippen molar-refractivity contribution in [2.45, 2.75) is 32.4 Å². The fourth-order valence-corrected chi connectivity index (χ4v) is 4.17. The summed E-state index contributed by atoms with van der Waals surface area (Å²) in [6, 6.07) is 12.9. The molecular weight excluding hydrogens is 392 g/mol. The van der Waals surface area contributed by atoms with Gasteiger partial charge in [-0.2, -0.15) is 0 Å². The SMILES string of the molecule is COc1ccc2c(c1)[C@H](N(Cc1cccnc1C(N)=O)C(=O)c1cccnc1C)CC2. The van der Waals surface area contributed by atoms with E-state index in [1.807, 2.05) is 25.1 Å². The summed E-state index contributed by atoms with van der Waals surface area (Å²) >= 11 is 0. The van der Waals surface area contributed by atoms with Crippen LogP contribution < -0.4 is 10.5 Å². The Labute approximate surface area is 180 Å². The predicted octanol–water partition coefficient (Wildman–Crippen LogP) is 3.22. The van der Waals surface area contributed by atoms with Crippen LogP contribution in [0.5, 0.6) is 5.75 Å². The second kappa shape index (κ2) is 8.55. The van der Waals surface area contributed by atoms with Crippen molar-refractivity contribution in [2.24, 2.45) is 5.73 Å². The number of methoxy groups -OCH3 is 1. The van der Waals surface area contributed by atoms with Crippen LogP contribution in [0.3, 0.4) is 0 Å². The molecule has 7 heteroatoms. The van der Waals surface area contributed by atoms with Gasteiger partial charge in [0.05, 0.1) is 18.7 Å². The molecule has 1 aromatic carbocycles. The highest BCUT2D eigenvalue weighted by Crippen LogP contribution is 2.39. The summed E-state index contributed by atoms with van der Waals surface area (Å²) in [5.74, 6) is -0.0191. The lowest BCUT2D eigenvalue weighted by Gasteiger charge is -2.31. The van der Waals surface area contributed by atoms with Gasteiger partial charge in [0.15, 0.2) is 0 Å². The lowest BCUT2D eigenvalue weighted by molar-refractivity contribution is 0.0654. The molecule has 0 bridgehead atoms. The number of aromatic nitrogens is 2. The van der Waals surface area contributed by atoms with E-state index in [-0.39, 0.29) is 24.2 Å². The maximum absolute atomic E-state index is 13.7. The zero-order chi connectivity index (χ0) is 22.0. The van der Waals surface area contributed by atoms with Gasteiger partial charge in [0, 0.05) is 30.2 Å². The minimum absolute atomic E-state index is 0.148. The van der Waals surface area contributed by atoms with Gasteiger partial charge in [0.2, 0.25) is 0 Å². The minimum atomic E-state index is -0.617. The van der Waals surface area contributed by atoms with Crippen LogP contribution in [0.15, 0.2) is 54.9 Å². The van der Waals surface area contributed by atoms with Crippen LogP contribution in [-0.2, 0) is 13.0 Å². The summed E-state index contributed by atoms with van der Waals surface area (Å²) < 4.78 is 5.42. The molecule has 1 atom stereocenters. The first-order chi connectivity index (χ1) is 15.0. The van der Waals surface area contributed by atoms with Crippen molar-refractivity contribution in [3.8, 4) is 5.75 Å². The Kier molecular flexibility index (Phi) is 5.66. The van der Waals surface area contributed by atoms with Crippen LogP contribution in [-0.4, -0.2) is 33.8 Å². The number of hydrogen-bond acceptors (Lipinski definition) is 5. The fraction of sp³-hybridized carbons (Fsp3) is 0.250. The molecule has 158 valence electrons. The van der Waals surface area contributed by atoms with E-state index in [2.05, 4.69) is 9.97 Å². The number of amides is 2. The molecule has 2 heterocycles. The van der Waals surface area contributed by atoms with Crippen molar-refractivity contribution in [2.75, 3.05) is 7.11 Å². The van der Waals surface area contributed by atoms with Crippen molar-refractivity contribution < 1.29 is 14.3 Å². The number of nitrogens with zero attached hydrogens (tertiary/aromatic N) is 3. The number of primary amides is 1. The quantitative estimate of drug-likeness (QED) is 0.665. The fourth-order valence-electron chi connectivity index (χ4n) is 4.17. The molecule has 0 fully saturated rings. The smallest absolute Gasteiger partial charge is 0.267 e. The van der Waals surface area contributed by atoms with Crippen LogP contribution >= 0.6 is 0 Å². The van der Waals surface area contributed by atoms with E-state index in [0.29, 0.717) is 16.8 Å². The van der Waals surface area contributed by atoms with Crippen molar-refractivity contribution in [1.29, 1.82) is 0 Å². The van der Waals surface area contributed by atoms with E-state index in [0.717, 1.165) is 24.2 Å². The Bertz CT molecular complexity index is 1150. The maximum Gasteiger partial charge on any atom is 0.267 e. The molecule has 0 radical (unpaired) electrons. The number of fused-ring (bicyclic) bond motifs is 1. The number of hydrogen-bond donors (Lipinski definition) is 1. The number of rotatable bonds is 6. The molecule has 2 N–H and O–H groups in total. The van der Waals surface area contributed by atoms with Crippen LogP contribution in [0.4, 0.5) is 0 Å². The van der Waals surface area contributed by atoms with Gasteiger partial charge in [-0.3, -0.25) is 19.6 Å². The Morgan fingerprint density at radius 3 is 2.68 bits per heavy atom. The number of aryl methyl sites for hydroxylation is 2. The summed E-state index contributed by atoms with van der Waals surface area (Å²) in [5.41, 5.74) is 9.75. The van der Waals surface area contributed by atoms with E-state index in [1.165, 1.54) is 11.8 Å². The molecule has 3 aromatic rings.